The van der Waals surface area contributed by atoms with E-state index in [0.29, 0.717) is 50.1 Å². The van der Waals surface area contributed by atoms with Crippen molar-refractivity contribution in [1.82, 2.24) is 10.6 Å². The molecule has 162 valence electrons. The lowest BCUT2D eigenvalue weighted by Crippen LogP contribution is -2.37. The highest BCUT2D eigenvalue weighted by atomic mass is 19.3. The van der Waals surface area contributed by atoms with Gasteiger partial charge in [-0.3, -0.25) is 4.99 Å². The number of alkyl halides is 2. The van der Waals surface area contributed by atoms with Crippen molar-refractivity contribution >= 4 is 11.6 Å². The third-order valence-electron chi connectivity index (χ3n) is 4.68. The predicted octanol–water partition coefficient (Wildman–Crippen LogP) is 3.13. The van der Waals surface area contributed by atoms with Gasteiger partial charge in [0.05, 0.1) is 18.9 Å². The minimum absolute atomic E-state index is 0.108. The van der Waals surface area contributed by atoms with Crippen LogP contribution >= 0.6 is 0 Å². The van der Waals surface area contributed by atoms with Crippen molar-refractivity contribution in [2.45, 2.75) is 19.7 Å². The van der Waals surface area contributed by atoms with E-state index in [9.17, 15) is 13.2 Å². The third-order valence-corrected chi connectivity index (χ3v) is 4.68. The fraction of sp³-hybridized carbons (Fsp3) is 0.381. The molecule has 2 N–H and O–H groups in total. The van der Waals surface area contributed by atoms with Crippen LogP contribution in [0.5, 0.6) is 5.75 Å². The number of morpholine rings is 1. The summed E-state index contributed by atoms with van der Waals surface area (Å²) in [6.07, 6.45) is 0. The fourth-order valence-electron chi connectivity index (χ4n) is 3.17. The molecule has 1 aliphatic heterocycles. The van der Waals surface area contributed by atoms with Gasteiger partial charge in [-0.1, -0.05) is 24.3 Å². The van der Waals surface area contributed by atoms with Crippen LogP contribution < -0.4 is 20.3 Å². The number of anilines is 1. The number of rotatable bonds is 7. The summed E-state index contributed by atoms with van der Waals surface area (Å²) >= 11 is 0. The molecule has 0 aromatic heterocycles. The first-order chi connectivity index (χ1) is 14.6. The Kier molecular flexibility index (Phi) is 7.78. The minimum atomic E-state index is -2.89. The number of nitrogens with one attached hydrogen (secondary N) is 2. The lowest BCUT2D eigenvalue weighted by atomic mass is 10.1. The summed E-state index contributed by atoms with van der Waals surface area (Å²) in [7, 11) is 1.60. The van der Waals surface area contributed by atoms with Gasteiger partial charge < -0.3 is 25.0 Å². The van der Waals surface area contributed by atoms with Crippen LogP contribution in [0.2, 0.25) is 0 Å². The molecule has 0 bridgehead atoms. The standard InChI is InChI=1S/C21H25F3N4O2/c1-25-21(27-14-16-4-2-3-5-19(16)30-20(23)24)26-13-15-6-7-18(17(22)12-15)28-8-10-29-11-9-28/h2-7,12,20H,8-11,13-14H2,1H3,(H2,25,26,27). The highest BCUT2D eigenvalue weighted by Crippen LogP contribution is 2.22. The largest absolute Gasteiger partial charge is 0.434 e. The molecule has 0 radical (unpaired) electrons. The van der Waals surface area contributed by atoms with Crippen molar-refractivity contribution in [2.75, 3.05) is 38.3 Å². The average Bonchev–Trinajstić information content (AvgIpc) is 2.75. The maximum atomic E-state index is 14.5. The molecule has 0 atom stereocenters. The van der Waals surface area contributed by atoms with Gasteiger partial charge in [0, 0.05) is 38.8 Å². The van der Waals surface area contributed by atoms with Gasteiger partial charge in [-0.2, -0.15) is 8.78 Å². The summed E-state index contributed by atoms with van der Waals surface area (Å²) in [6, 6.07) is 11.7. The zero-order chi connectivity index (χ0) is 21.3. The van der Waals surface area contributed by atoms with E-state index >= 15 is 0 Å². The maximum absolute atomic E-state index is 14.5. The molecule has 1 fully saturated rings. The minimum Gasteiger partial charge on any atom is -0.434 e. The Morgan fingerprint density at radius 3 is 2.57 bits per heavy atom. The molecule has 0 saturated carbocycles. The highest BCUT2D eigenvalue weighted by molar-refractivity contribution is 5.79. The summed E-state index contributed by atoms with van der Waals surface area (Å²) < 4.78 is 49.4. The van der Waals surface area contributed by atoms with E-state index in [1.807, 2.05) is 11.0 Å². The van der Waals surface area contributed by atoms with Gasteiger partial charge >= 0.3 is 6.61 Å². The first-order valence-corrected chi connectivity index (χ1v) is 9.65. The first kappa shape index (κ1) is 21.8. The Labute approximate surface area is 173 Å². The lowest BCUT2D eigenvalue weighted by molar-refractivity contribution is -0.0504. The molecule has 3 rings (SSSR count). The molecule has 9 heteroatoms. The van der Waals surface area contributed by atoms with Crippen molar-refractivity contribution < 1.29 is 22.6 Å². The van der Waals surface area contributed by atoms with Crippen molar-refractivity contribution in [3.63, 3.8) is 0 Å². The Morgan fingerprint density at radius 1 is 1.13 bits per heavy atom. The van der Waals surface area contributed by atoms with Crippen LogP contribution in [0.3, 0.4) is 0 Å². The van der Waals surface area contributed by atoms with Crippen LogP contribution in [0.4, 0.5) is 18.9 Å². The molecule has 0 unspecified atom stereocenters. The van der Waals surface area contributed by atoms with E-state index in [1.165, 1.54) is 12.1 Å². The topological polar surface area (TPSA) is 58.1 Å². The highest BCUT2D eigenvalue weighted by Gasteiger charge is 2.15. The molecule has 1 heterocycles. The second kappa shape index (κ2) is 10.7. The van der Waals surface area contributed by atoms with E-state index in [1.54, 1.807) is 31.3 Å². The Morgan fingerprint density at radius 2 is 1.87 bits per heavy atom. The van der Waals surface area contributed by atoms with Gasteiger partial charge in [0.15, 0.2) is 5.96 Å². The lowest BCUT2D eigenvalue weighted by Gasteiger charge is -2.29. The molecule has 1 saturated heterocycles. The van der Waals surface area contributed by atoms with Gasteiger partial charge in [0.1, 0.15) is 11.6 Å². The molecular weight excluding hydrogens is 397 g/mol. The van der Waals surface area contributed by atoms with Gasteiger partial charge in [0.2, 0.25) is 0 Å². The van der Waals surface area contributed by atoms with Crippen LogP contribution in [0.15, 0.2) is 47.5 Å². The molecule has 6 nitrogen and oxygen atoms in total. The molecule has 0 spiro atoms. The summed E-state index contributed by atoms with van der Waals surface area (Å²) in [6.45, 7) is 0.233. The average molecular weight is 422 g/mol. The Balaban J connectivity index is 1.55. The van der Waals surface area contributed by atoms with E-state index < -0.39 is 6.61 Å². The summed E-state index contributed by atoms with van der Waals surface area (Å²) in [5.74, 6) is 0.285. The van der Waals surface area contributed by atoms with E-state index in [-0.39, 0.29) is 18.1 Å². The van der Waals surface area contributed by atoms with Crippen LogP contribution in [-0.4, -0.2) is 45.9 Å². The van der Waals surface area contributed by atoms with Crippen LogP contribution in [0.25, 0.3) is 0 Å². The number of hydrogen-bond acceptors (Lipinski definition) is 4. The quantitative estimate of drug-likeness (QED) is 0.531. The fourth-order valence-corrected chi connectivity index (χ4v) is 3.17. The number of aliphatic imine (C=N–C) groups is 1. The van der Waals surface area contributed by atoms with E-state index in [4.69, 9.17) is 4.74 Å². The van der Waals surface area contributed by atoms with Crippen molar-refractivity contribution in [3.05, 3.63) is 59.4 Å². The molecule has 2 aromatic carbocycles. The number of nitrogens with zero attached hydrogens (tertiary/aromatic N) is 2. The number of guanidine groups is 1. The summed E-state index contributed by atoms with van der Waals surface area (Å²) in [4.78, 5) is 6.08. The monoisotopic (exact) mass is 422 g/mol. The van der Waals surface area contributed by atoms with Gasteiger partial charge in [-0.15, -0.1) is 0 Å². The van der Waals surface area contributed by atoms with Crippen molar-refractivity contribution in [3.8, 4) is 5.75 Å². The van der Waals surface area contributed by atoms with E-state index in [0.717, 1.165) is 5.56 Å². The summed E-state index contributed by atoms with van der Waals surface area (Å²) in [5.41, 5.74) is 1.90. The molecule has 0 aliphatic carbocycles. The second-order valence-corrected chi connectivity index (χ2v) is 6.65. The molecule has 2 aromatic rings. The summed E-state index contributed by atoms with van der Waals surface area (Å²) in [5, 5.41) is 6.14. The number of hydrogen-bond donors (Lipinski definition) is 2. The molecule has 0 amide bonds. The van der Waals surface area contributed by atoms with Crippen LogP contribution in [0.1, 0.15) is 11.1 Å². The van der Waals surface area contributed by atoms with Crippen molar-refractivity contribution in [1.29, 1.82) is 0 Å². The molecular formula is C21H25F3N4O2. The first-order valence-electron chi connectivity index (χ1n) is 9.65. The van der Waals surface area contributed by atoms with Gasteiger partial charge in [0.25, 0.3) is 0 Å². The van der Waals surface area contributed by atoms with Gasteiger partial charge in [-0.25, -0.2) is 4.39 Å². The van der Waals surface area contributed by atoms with Crippen LogP contribution in [-0.2, 0) is 17.8 Å². The van der Waals surface area contributed by atoms with E-state index in [2.05, 4.69) is 20.4 Å². The zero-order valence-corrected chi connectivity index (χ0v) is 16.7. The SMILES string of the molecule is CN=C(NCc1ccc(N2CCOCC2)c(F)c1)NCc1ccccc1OC(F)F. The zero-order valence-electron chi connectivity index (χ0n) is 16.7. The number of benzene rings is 2. The van der Waals surface area contributed by atoms with Gasteiger partial charge in [-0.05, 0) is 23.8 Å². The normalized spacial score (nSPS) is 14.7. The smallest absolute Gasteiger partial charge is 0.387 e. The number of para-hydroxylation sites is 1. The Hall–Kier alpha value is -2.94. The van der Waals surface area contributed by atoms with Crippen LogP contribution in [0, 0.1) is 5.82 Å². The van der Waals surface area contributed by atoms with Crippen molar-refractivity contribution in [2.24, 2.45) is 4.99 Å². The second-order valence-electron chi connectivity index (χ2n) is 6.65. The number of halogens is 3. The molecule has 1 aliphatic rings. The Bertz CT molecular complexity index is 858. The predicted molar refractivity (Wildman–Crippen MR) is 110 cm³/mol. The number of ether oxygens (including phenoxy) is 2. The molecule has 30 heavy (non-hydrogen) atoms. The third kappa shape index (κ3) is 6.03. The maximum Gasteiger partial charge on any atom is 0.387 e.